The van der Waals surface area contributed by atoms with Gasteiger partial charge in [-0.2, -0.15) is 0 Å². The van der Waals surface area contributed by atoms with Crippen LogP contribution in [0.2, 0.25) is 0 Å². The number of primary amides is 1. The van der Waals surface area contributed by atoms with Gasteiger partial charge in [0.1, 0.15) is 29.6 Å². The van der Waals surface area contributed by atoms with Crippen LogP contribution in [0.25, 0.3) is 0 Å². The molecular weight excluding hydrogens is 576 g/mol. The molecule has 2 rings (SSSR count). The number of guanidine groups is 1. The molecule has 44 heavy (non-hydrogen) atoms. The number of nitrogens with two attached hydrogens (primary N) is 4. The van der Waals surface area contributed by atoms with E-state index in [2.05, 4.69) is 20.9 Å². The number of aliphatic imine (C=N–C) groups is 1. The third-order valence-electron chi connectivity index (χ3n) is 6.34. The van der Waals surface area contributed by atoms with E-state index in [1.54, 1.807) is 12.1 Å². The monoisotopic (exact) mass is 614 g/mol. The second-order valence-electron chi connectivity index (χ2n) is 9.99. The number of aliphatic carboxylic acids is 1. The minimum Gasteiger partial charge on any atom is -0.508 e. The predicted octanol–water partition coefficient (Wildman–Crippen LogP) is -2.32. The number of nitrogens with zero attached hydrogens (tertiary/aromatic N) is 1. The quantitative estimate of drug-likeness (QED) is 0.0512. The van der Waals surface area contributed by atoms with Gasteiger partial charge in [0.15, 0.2) is 5.96 Å². The molecule has 0 saturated heterocycles. The highest BCUT2D eigenvalue weighted by Gasteiger charge is 2.31. The largest absolute Gasteiger partial charge is 0.508 e. The average molecular weight is 615 g/mol. The Hall–Kier alpha value is -5.38. The van der Waals surface area contributed by atoms with Crippen LogP contribution in [-0.4, -0.2) is 81.6 Å². The molecule has 2 aromatic carbocycles. The highest BCUT2D eigenvalue weighted by molar-refractivity contribution is 5.96. The molecule has 16 heteroatoms. The van der Waals surface area contributed by atoms with E-state index < -0.39 is 60.2 Å². The SMILES string of the molecule is NC(=O)CC(NC(=O)C(Cc1ccc(O)cc1)NC(=O)C(N)Cc1ccc(O)cc1)C(=O)NC(CCCN=C(N)N)C(=O)O. The van der Waals surface area contributed by atoms with Gasteiger partial charge < -0.3 is 54.2 Å². The Morgan fingerprint density at radius 3 is 1.68 bits per heavy atom. The molecule has 0 fully saturated rings. The van der Waals surface area contributed by atoms with Crippen molar-refractivity contribution in [2.45, 2.75) is 56.3 Å². The van der Waals surface area contributed by atoms with Crippen LogP contribution < -0.4 is 38.9 Å². The first kappa shape index (κ1) is 34.8. The van der Waals surface area contributed by atoms with E-state index in [1.165, 1.54) is 36.4 Å². The first-order valence-electron chi connectivity index (χ1n) is 13.5. The van der Waals surface area contributed by atoms with Crippen molar-refractivity contribution in [3.63, 3.8) is 0 Å². The van der Waals surface area contributed by atoms with E-state index in [-0.39, 0.29) is 49.7 Å². The van der Waals surface area contributed by atoms with Gasteiger partial charge in [-0.1, -0.05) is 24.3 Å². The molecule has 0 aliphatic rings. The fourth-order valence-corrected chi connectivity index (χ4v) is 4.05. The molecular formula is C28H38N8O8. The molecule has 4 amide bonds. The van der Waals surface area contributed by atoms with Gasteiger partial charge in [-0.05, 0) is 54.7 Å². The van der Waals surface area contributed by atoms with Gasteiger partial charge in [-0.15, -0.1) is 0 Å². The maximum absolute atomic E-state index is 13.4. The van der Waals surface area contributed by atoms with E-state index >= 15 is 0 Å². The number of phenols is 2. The third kappa shape index (κ3) is 12.2. The first-order valence-corrected chi connectivity index (χ1v) is 13.5. The Morgan fingerprint density at radius 1 is 0.705 bits per heavy atom. The van der Waals surface area contributed by atoms with Crippen LogP contribution in [0.1, 0.15) is 30.4 Å². The zero-order valence-corrected chi connectivity index (χ0v) is 23.8. The molecule has 0 bridgehead atoms. The Labute approximate surface area is 252 Å². The van der Waals surface area contributed by atoms with Crippen LogP contribution in [0, 0.1) is 0 Å². The number of rotatable bonds is 17. The molecule has 0 spiro atoms. The lowest BCUT2D eigenvalue weighted by molar-refractivity contribution is -0.142. The number of benzene rings is 2. The van der Waals surface area contributed by atoms with Crippen molar-refractivity contribution in [3.8, 4) is 11.5 Å². The second-order valence-corrected chi connectivity index (χ2v) is 9.99. The van der Waals surface area contributed by atoms with Gasteiger partial charge in [0, 0.05) is 13.0 Å². The molecule has 0 radical (unpaired) electrons. The molecule has 0 aliphatic carbocycles. The number of hydrogen-bond acceptors (Lipinski definition) is 9. The van der Waals surface area contributed by atoms with Crippen LogP contribution in [-0.2, 0) is 36.8 Å². The highest BCUT2D eigenvalue weighted by atomic mass is 16.4. The first-order chi connectivity index (χ1) is 20.7. The van der Waals surface area contributed by atoms with Crippen molar-refractivity contribution >= 4 is 35.6 Å². The normalized spacial score (nSPS) is 13.4. The fourth-order valence-electron chi connectivity index (χ4n) is 4.05. The number of carbonyl (C=O) groups excluding carboxylic acids is 4. The molecule has 2 aromatic rings. The smallest absolute Gasteiger partial charge is 0.326 e. The molecule has 0 saturated carbocycles. The fraction of sp³-hybridized carbons (Fsp3) is 0.357. The summed E-state index contributed by atoms with van der Waals surface area (Å²) in [5, 5.41) is 35.8. The van der Waals surface area contributed by atoms with Crippen LogP contribution >= 0.6 is 0 Å². The lowest BCUT2D eigenvalue weighted by atomic mass is 10.0. The van der Waals surface area contributed by atoms with Crippen molar-refractivity contribution in [1.29, 1.82) is 0 Å². The van der Waals surface area contributed by atoms with E-state index in [9.17, 15) is 39.3 Å². The Morgan fingerprint density at radius 2 is 1.18 bits per heavy atom. The molecule has 0 aliphatic heterocycles. The standard InChI is InChI=1S/C28H38N8O8/c29-19(12-15-3-7-17(37)8-4-15)24(40)35-21(13-16-5-9-18(38)10-6-16)25(41)36-22(14-23(30)39)26(42)34-20(27(43)44)2-1-11-33-28(31)32/h3-10,19-22,37-38H,1-2,11-14,29H2,(H2,30,39)(H,34,42)(H,35,40)(H,36,41)(H,43,44)(H4,31,32,33). The summed E-state index contributed by atoms with van der Waals surface area (Å²) >= 11 is 0. The lowest BCUT2D eigenvalue weighted by Gasteiger charge is -2.25. The summed E-state index contributed by atoms with van der Waals surface area (Å²) in [6.07, 6.45) is -0.553. The van der Waals surface area contributed by atoms with Crippen molar-refractivity contribution < 1.29 is 39.3 Å². The number of nitrogens with one attached hydrogen (secondary N) is 3. The number of phenolic OH excluding ortho intramolecular Hbond substituents is 2. The van der Waals surface area contributed by atoms with Crippen LogP contribution in [0.3, 0.4) is 0 Å². The summed E-state index contributed by atoms with van der Waals surface area (Å²) in [5.41, 5.74) is 23.0. The zero-order valence-electron chi connectivity index (χ0n) is 23.8. The summed E-state index contributed by atoms with van der Waals surface area (Å²) in [7, 11) is 0. The maximum atomic E-state index is 13.4. The van der Waals surface area contributed by atoms with Gasteiger partial charge >= 0.3 is 5.97 Å². The minimum atomic E-state index is -1.58. The Bertz CT molecular complexity index is 1330. The number of carboxylic acid groups (broad SMARTS) is 1. The summed E-state index contributed by atoms with van der Waals surface area (Å²) in [5.74, 6) is -5.09. The maximum Gasteiger partial charge on any atom is 0.326 e. The van der Waals surface area contributed by atoms with E-state index in [1.807, 2.05) is 0 Å². The van der Waals surface area contributed by atoms with Gasteiger partial charge in [0.25, 0.3) is 0 Å². The highest BCUT2D eigenvalue weighted by Crippen LogP contribution is 2.13. The van der Waals surface area contributed by atoms with E-state index in [0.717, 1.165) is 0 Å². The minimum absolute atomic E-state index is 0.0285. The van der Waals surface area contributed by atoms with E-state index in [4.69, 9.17) is 22.9 Å². The van der Waals surface area contributed by atoms with Crippen LogP contribution in [0.4, 0.5) is 0 Å². The Kier molecular flexibility index (Phi) is 13.4. The number of carboxylic acids is 1. The topological polar surface area (TPSA) is 299 Å². The van der Waals surface area contributed by atoms with E-state index in [0.29, 0.717) is 11.1 Å². The van der Waals surface area contributed by atoms with Gasteiger partial charge in [-0.25, -0.2) is 4.79 Å². The lowest BCUT2D eigenvalue weighted by Crippen LogP contribution is -2.58. The van der Waals surface area contributed by atoms with Crippen molar-refractivity contribution in [3.05, 3.63) is 59.7 Å². The molecule has 238 valence electrons. The van der Waals surface area contributed by atoms with Crippen LogP contribution in [0.15, 0.2) is 53.5 Å². The van der Waals surface area contributed by atoms with Gasteiger partial charge in [0.2, 0.25) is 23.6 Å². The summed E-state index contributed by atoms with van der Waals surface area (Å²) in [6, 6.07) is 6.45. The van der Waals surface area contributed by atoms with Crippen molar-refractivity contribution in [2.75, 3.05) is 6.54 Å². The van der Waals surface area contributed by atoms with Gasteiger partial charge in [0.05, 0.1) is 12.5 Å². The zero-order chi connectivity index (χ0) is 32.8. The molecule has 16 nitrogen and oxygen atoms in total. The summed E-state index contributed by atoms with van der Waals surface area (Å²) < 4.78 is 0. The summed E-state index contributed by atoms with van der Waals surface area (Å²) in [6.45, 7) is 0.108. The average Bonchev–Trinajstić information content (AvgIpc) is 2.95. The molecule has 14 N–H and O–H groups in total. The number of hydrogen-bond donors (Lipinski definition) is 10. The third-order valence-corrected chi connectivity index (χ3v) is 6.34. The number of carbonyl (C=O) groups is 5. The van der Waals surface area contributed by atoms with Gasteiger partial charge in [-0.3, -0.25) is 24.2 Å². The molecule has 4 atom stereocenters. The Balaban J connectivity index is 2.21. The van der Waals surface area contributed by atoms with Crippen molar-refractivity contribution in [1.82, 2.24) is 16.0 Å². The second kappa shape index (κ2) is 16.9. The number of amides is 4. The predicted molar refractivity (Wildman–Crippen MR) is 159 cm³/mol. The number of aromatic hydroxyl groups is 2. The van der Waals surface area contributed by atoms with Crippen LogP contribution in [0.5, 0.6) is 11.5 Å². The molecule has 0 heterocycles. The molecule has 4 unspecified atom stereocenters. The molecule has 0 aromatic heterocycles. The van der Waals surface area contributed by atoms with Crippen molar-refractivity contribution in [2.24, 2.45) is 27.9 Å². The summed E-state index contributed by atoms with van der Waals surface area (Å²) in [4.78, 5) is 66.7.